The summed E-state index contributed by atoms with van der Waals surface area (Å²) in [7, 11) is 0. The van der Waals surface area contributed by atoms with Crippen molar-refractivity contribution < 1.29 is 0 Å². The summed E-state index contributed by atoms with van der Waals surface area (Å²) in [5.74, 6) is 2.20. The van der Waals surface area contributed by atoms with Gasteiger partial charge in [-0.05, 0) is 11.8 Å². The molecule has 0 nitrogen and oxygen atoms in total. The fraction of sp³-hybridized carbons (Fsp3) is 1.00. The zero-order chi connectivity index (χ0) is 10.9. The van der Waals surface area contributed by atoms with E-state index in [-0.39, 0.29) is 0 Å². The Labute approximate surface area is 96.8 Å². The van der Waals surface area contributed by atoms with Gasteiger partial charge < -0.3 is 0 Å². The molecule has 0 aromatic carbocycles. The van der Waals surface area contributed by atoms with Gasteiger partial charge in [0.15, 0.2) is 0 Å². The summed E-state index contributed by atoms with van der Waals surface area (Å²) < 4.78 is 0. The lowest BCUT2D eigenvalue weighted by Gasteiger charge is -2.18. The van der Waals surface area contributed by atoms with Crippen molar-refractivity contribution in [2.24, 2.45) is 11.8 Å². The lowest BCUT2D eigenvalue weighted by atomic mass is 9.87. The van der Waals surface area contributed by atoms with Crippen molar-refractivity contribution in [3.63, 3.8) is 0 Å². The minimum atomic E-state index is 1.10. The lowest BCUT2D eigenvalue weighted by molar-refractivity contribution is 0.330. The first kappa shape index (κ1) is 13.1. The Bertz CT molecular complexity index is 139. The molecule has 0 aromatic heterocycles. The first-order chi connectivity index (χ1) is 7.38. The molecule has 1 aliphatic rings. The van der Waals surface area contributed by atoms with E-state index in [1.807, 2.05) is 0 Å². The molecular weight excluding hydrogens is 180 g/mol. The van der Waals surface area contributed by atoms with Gasteiger partial charge in [-0.3, -0.25) is 0 Å². The van der Waals surface area contributed by atoms with Crippen molar-refractivity contribution in [1.29, 1.82) is 0 Å². The zero-order valence-electron chi connectivity index (χ0n) is 10.9. The molecule has 0 bridgehead atoms. The molecular formula is C15H30. The molecule has 90 valence electrons. The normalized spacial score (nSPS) is 26.0. The van der Waals surface area contributed by atoms with Crippen LogP contribution >= 0.6 is 0 Å². The van der Waals surface area contributed by atoms with E-state index in [4.69, 9.17) is 0 Å². The molecule has 1 fully saturated rings. The number of unbranched alkanes of at least 4 members (excludes halogenated alkanes) is 4. The molecule has 2 unspecified atom stereocenters. The molecule has 0 radical (unpaired) electrons. The fourth-order valence-electron chi connectivity index (χ4n) is 3.25. The average molecular weight is 210 g/mol. The van der Waals surface area contributed by atoms with Gasteiger partial charge in [-0.15, -0.1) is 0 Å². The predicted octanol–water partition coefficient (Wildman–Crippen LogP) is 5.56. The van der Waals surface area contributed by atoms with Gasteiger partial charge >= 0.3 is 0 Å². The largest absolute Gasteiger partial charge is 0.0654 e. The quantitative estimate of drug-likeness (QED) is 0.460. The maximum absolute atomic E-state index is 2.34. The molecule has 0 amide bonds. The summed E-state index contributed by atoms with van der Waals surface area (Å²) >= 11 is 0. The van der Waals surface area contributed by atoms with E-state index in [0.717, 1.165) is 11.8 Å². The van der Waals surface area contributed by atoms with Gasteiger partial charge in [0, 0.05) is 0 Å². The molecule has 0 saturated heterocycles. The summed E-state index contributed by atoms with van der Waals surface area (Å²) in [4.78, 5) is 0. The van der Waals surface area contributed by atoms with Crippen molar-refractivity contribution in [3.05, 3.63) is 0 Å². The second kappa shape index (κ2) is 8.19. The Balaban J connectivity index is 2.03. The fourth-order valence-corrected chi connectivity index (χ4v) is 3.25. The van der Waals surface area contributed by atoms with E-state index in [9.17, 15) is 0 Å². The van der Waals surface area contributed by atoms with Gasteiger partial charge in [0.1, 0.15) is 0 Å². The third kappa shape index (κ3) is 5.04. The first-order valence-corrected chi connectivity index (χ1v) is 7.38. The third-order valence-corrected chi connectivity index (χ3v) is 4.15. The number of rotatable bonds is 8. The molecule has 0 spiro atoms. The Morgan fingerprint density at radius 3 is 2.07 bits per heavy atom. The summed E-state index contributed by atoms with van der Waals surface area (Å²) in [6.07, 6.45) is 16.3. The topological polar surface area (TPSA) is 0 Å². The molecule has 1 aliphatic carbocycles. The van der Waals surface area contributed by atoms with E-state index < -0.39 is 0 Å². The highest BCUT2D eigenvalue weighted by atomic mass is 14.3. The van der Waals surface area contributed by atoms with E-state index in [1.165, 1.54) is 64.2 Å². The van der Waals surface area contributed by atoms with E-state index in [2.05, 4.69) is 13.8 Å². The highest BCUT2D eigenvalue weighted by molar-refractivity contribution is 4.77. The molecule has 0 aliphatic heterocycles. The Morgan fingerprint density at radius 1 is 0.733 bits per heavy atom. The molecule has 2 atom stereocenters. The number of hydrogen-bond acceptors (Lipinski definition) is 0. The van der Waals surface area contributed by atoms with Crippen LogP contribution in [0.2, 0.25) is 0 Å². The van der Waals surface area contributed by atoms with Crippen LogP contribution in [0.3, 0.4) is 0 Å². The smallest absolute Gasteiger partial charge is 0.0386 e. The Morgan fingerprint density at radius 2 is 1.40 bits per heavy atom. The van der Waals surface area contributed by atoms with E-state index in [0.29, 0.717) is 0 Å². The van der Waals surface area contributed by atoms with Crippen molar-refractivity contribution in [3.8, 4) is 0 Å². The van der Waals surface area contributed by atoms with Crippen LogP contribution in [-0.2, 0) is 0 Å². The van der Waals surface area contributed by atoms with Gasteiger partial charge in [0.25, 0.3) is 0 Å². The lowest BCUT2D eigenvalue weighted by Crippen LogP contribution is -2.07. The monoisotopic (exact) mass is 210 g/mol. The van der Waals surface area contributed by atoms with Gasteiger partial charge in [0.05, 0.1) is 0 Å². The van der Waals surface area contributed by atoms with Crippen LogP contribution < -0.4 is 0 Å². The number of hydrogen-bond donors (Lipinski definition) is 0. The van der Waals surface area contributed by atoms with Crippen LogP contribution in [0.25, 0.3) is 0 Å². The first-order valence-electron chi connectivity index (χ1n) is 7.38. The van der Waals surface area contributed by atoms with Gasteiger partial charge in [0.2, 0.25) is 0 Å². The second-order valence-corrected chi connectivity index (χ2v) is 5.44. The Kier molecular flexibility index (Phi) is 7.13. The van der Waals surface area contributed by atoms with Crippen LogP contribution in [0.15, 0.2) is 0 Å². The van der Waals surface area contributed by atoms with Crippen LogP contribution in [0.5, 0.6) is 0 Å². The summed E-state index contributed by atoms with van der Waals surface area (Å²) in [5, 5.41) is 0. The zero-order valence-corrected chi connectivity index (χ0v) is 10.9. The molecule has 1 rings (SSSR count). The predicted molar refractivity (Wildman–Crippen MR) is 69.1 cm³/mol. The highest BCUT2D eigenvalue weighted by Gasteiger charge is 2.25. The minimum Gasteiger partial charge on any atom is -0.0654 e. The van der Waals surface area contributed by atoms with Crippen LogP contribution in [0, 0.1) is 11.8 Å². The summed E-state index contributed by atoms with van der Waals surface area (Å²) in [6.45, 7) is 4.64. The second-order valence-electron chi connectivity index (χ2n) is 5.44. The average Bonchev–Trinajstić information content (AvgIpc) is 2.66. The SMILES string of the molecule is CCCCCCCC1CCCC1CCC. The maximum Gasteiger partial charge on any atom is -0.0386 e. The van der Waals surface area contributed by atoms with Gasteiger partial charge in [-0.2, -0.15) is 0 Å². The van der Waals surface area contributed by atoms with Crippen molar-refractivity contribution in [2.75, 3.05) is 0 Å². The Hall–Kier alpha value is 0. The van der Waals surface area contributed by atoms with Crippen LogP contribution in [0.1, 0.15) is 84.5 Å². The summed E-state index contributed by atoms with van der Waals surface area (Å²) in [6, 6.07) is 0. The minimum absolute atomic E-state index is 1.10. The standard InChI is InChI=1S/C15H30/c1-3-5-6-7-8-11-15-13-9-12-14(15)10-4-2/h14-15H,3-13H2,1-2H3. The van der Waals surface area contributed by atoms with Crippen molar-refractivity contribution in [1.82, 2.24) is 0 Å². The molecule has 0 heterocycles. The summed E-state index contributed by atoms with van der Waals surface area (Å²) in [5.41, 5.74) is 0. The molecule has 0 heteroatoms. The van der Waals surface area contributed by atoms with Crippen molar-refractivity contribution >= 4 is 0 Å². The van der Waals surface area contributed by atoms with Gasteiger partial charge in [-0.1, -0.05) is 84.5 Å². The molecule has 15 heavy (non-hydrogen) atoms. The maximum atomic E-state index is 2.34. The van der Waals surface area contributed by atoms with E-state index >= 15 is 0 Å². The molecule has 0 N–H and O–H groups in total. The molecule has 1 saturated carbocycles. The molecule has 0 aromatic rings. The van der Waals surface area contributed by atoms with Crippen LogP contribution in [-0.4, -0.2) is 0 Å². The highest BCUT2D eigenvalue weighted by Crippen LogP contribution is 2.38. The van der Waals surface area contributed by atoms with Crippen LogP contribution in [0.4, 0.5) is 0 Å². The third-order valence-electron chi connectivity index (χ3n) is 4.15. The van der Waals surface area contributed by atoms with Gasteiger partial charge in [-0.25, -0.2) is 0 Å². The van der Waals surface area contributed by atoms with Crippen molar-refractivity contribution in [2.45, 2.75) is 84.5 Å². The van der Waals surface area contributed by atoms with E-state index in [1.54, 1.807) is 6.42 Å².